The maximum atomic E-state index is 10.1. The summed E-state index contributed by atoms with van der Waals surface area (Å²) in [7, 11) is 1.82. The van der Waals surface area contributed by atoms with E-state index in [1.165, 1.54) is 0 Å². The first-order chi connectivity index (χ1) is 6.11. The topological polar surface area (TPSA) is 66.8 Å². The van der Waals surface area contributed by atoms with E-state index in [2.05, 4.69) is 22.9 Å². The second-order valence-corrected chi connectivity index (χ2v) is 3.20. The first-order valence-corrected chi connectivity index (χ1v) is 4.23. The Balaban J connectivity index is 2.53. The lowest BCUT2D eigenvalue weighted by Crippen LogP contribution is -2.24. The lowest BCUT2D eigenvalue weighted by molar-refractivity contribution is 0.168. The molecule has 1 heterocycles. The van der Waals surface area contributed by atoms with Gasteiger partial charge in [0.05, 0.1) is 5.25 Å². The highest BCUT2D eigenvalue weighted by molar-refractivity contribution is 7.80. The number of hydrogen-bond donors (Lipinski definition) is 2. The van der Waals surface area contributed by atoms with E-state index in [1.54, 1.807) is 17.0 Å². The van der Waals surface area contributed by atoms with Crippen LogP contribution >= 0.6 is 12.6 Å². The minimum Gasteiger partial charge on any atom is -0.337 e. The molecular formula is C7H10N3O2S. The molecule has 1 amide bonds. The predicted molar refractivity (Wildman–Crippen MR) is 49.0 cm³/mol. The van der Waals surface area contributed by atoms with Crippen LogP contribution in [0.5, 0.6) is 0 Å². The van der Waals surface area contributed by atoms with Crippen molar-refractivity contribution in [3.8, 4) is 0 Å². The number of aryl methyl sites for hydroxylation is 1. The normalized spacial score (nSPS) is 12.5. The molecule has 0 aromatic carbocycles. The van der Waals surface area contributed by atoms with Crippen LogP contribution in [0.4, 0.5) is 4.79 Å². The molecule has 1 N–H and O–H groups in total. The molecule has 0 bridgehead atoms. The molecule has 13 heavy (non-hydrogen) atoms. The van der Waals surface area contributed by atoms with Crippen molar-refractivity contribution in [2.45, 2.75) is 5.25 Å². The third-order valence-electron chi connectivity index (χ3n) is 1.60. The van der Waals surface area contributed by atoms with Gasteiger partial charge in [-0.25, -0.2) is 14.9 Å². The van der Waals surface area contributed by atoms with Crippen molar-refractivity contribution in [2.24, 2.45) is 7.05 Å². The van der Waals surface area contributed by atoms with Gasteiger partial charge in [-0.1, -0.05) is 0 Å². The smallest absolute Gasteiger partial charge is 0.337 e. The first kappa shape index (κ1) is 9.91. The lowest BCUT2D eigenvalue weighted by atomic mass is 10.4. The fourth-order valence-electron chi connectivity index (χ4n) is 0.970. The predicted octanol–water partition coefficient (Wildman–Crippen LogP) is 0.531. The summed E-state index contributed by atoms with van der Waals surface area (Å²) in [5.74, 6) is 0.720. The maximum absolute atomic E-state index is 10.1. The van der Waals surface area contributed by atoms with Gasteiger partial charge in [0.2, 0.25) is 0 Å². The van der Waals surface area contributed by atoms with E-state index in [0.717, 1.165) is 5.82 Å². The first-order valence-electron chi connectivity index (χ1n) is 3.71. The van der Waals surface area contributed by atoms with Crippen LogP contribution in [0, 0.1) is 0 Å². The Bertz CT molecular complexity index is 300. The second-order valence-electron chi connectivity index (χ2n) is 2.58. The summed E-state index contributed by atoms with van der Waals surface area (Å²) in [6.07, 6.45) is 2.11. The highest BCUT2D eigenvalue weighted by Gasteiger charge is 2.12. The van der Waals surface area contributed by atoms with Crippen molar-refractivity contribution in [3.63, 3.8) is 0 Å². The van der Waals surface area contributed by atoms with Gasteiger partial charge in [0.1, 0.15) is 5.82 Å². The van der Waals surface area contributed by atoms with Crippen LogP contribution in [-0.4, -0.2) is 22.2 Å². The molecule has 1 aromatic rings. The number of aromatic nitrogens is 2. The fraction of sp³-hybridized carbons (Fsp3) is 0.429. The largest absolute Gasteiger partial charge is 0.450 e. The summed E-state index contributed by atoms with van der Waals surface area (Å²) in [5, 5.41) is 12.0. The van der Waals surface area contributed by atoms with Gasteiger partial charge in [-0.3, -0.25) is 0 Å². The molecule has 0 saturated heterocycles. The third kappa shape index (κ3) is 2.66. The summed E-state index contributed by atoms with van der Waals surface area (Å²) < 4.78 is 1.79. The van der Waals surface area contributed by atoms with Crippen molar-refractivity contribution in [3.05, 3.63) is 18.2 Å². The molecule has 0 aliphatic rings. The van der Waals surface area contributed by atoms with E-state index in [1.807, 2.05) is 7.05 Å². The quantitative estimate of drug-likeness (QED) is 0.699. The minimum absolute atomic E-state index is 0.191. The molecule has 71 valence electrons. The number of imidazole rings is 1. The van der Waals surface area contributed by atoms with E-state index >= 15 is 0 Å². The van der Waals surface area contributed by atoms with Crippen LogP contribution in [-0.2, 0) is 12.2 Å². The molecule has 1 atom stereocenters. The molecule has 0 aliphatic carbocycles. The highest BCUT2D eigenvalue weighted by Crippen LogP contribution is 2.15. The van der Waals surface area contributed by atoms with Crippen molar-refractivity contribution >= 4 is 18.7 Å². The summed E-state index contributed by atoms with van der Waals surface area (Å²) in [5.41, 5.74) is 0. The summed E-state index contributed by atoms with van der Waals surface area (Å²) in [4.78, 5) is 14.1. The Kier molecular flexibility index (Phi) is 3.18. The summed E-state index contributed by atoms with van der Waals surface area (Å²) in [6.45, 7) is 0.191. The molecule has 6 heteroatoms. The van der Waals surface area contributed by atoms with Gasteiger partial charge in [-0.2, -0.15) is 12.6 Å². The molecule has 1 radical (unpaired) electrons. The number of carbonyl (C=O) groups is 1. The molecule has 1 aromatic heterocycles. The molecule has 0 fully saturated rings. The Morgan fingerprint density at radius 1 is 1.85 bits per heavy atom. The van der Waals surface area contributed by atoms with Crippen molar-refractivity contribution < 1.29 is 9.90 Å². The van der Waals surface area contributed by atoms with E-state index in [9.17, 15) is 9.90 Å². The Labute approximate surface area is 81.2 Å². The van der Waals surface area contributed by atoms with E-state index in [-0.39, 0.29) is 11.8 Å². The fourth-order valence-corrected chi connectivity index (χ4v) is 1.31. The van der Waals surface area contributed by atoms with Crippen molar-refractivity contribution in [1.29, 1.82) is 0 Å². The molecule has 5 nitrogen and oxygen atoms in total. The van der Waals surface area contributed by atoms with Gasteiger partial charge in [0.15, 0.2) is 0 Å². The van der Waals surface area contributed by atoms with Crippen molar-refractivity contribution in [2.75, 3.05) is 6.54 Å². The zero-order valence-electron chi connectivity index (χ0n) is 7.10. The number of amides is 1. The van der Waals surface area contributed by atoms with Gasteiger partial charge in [0, 0.05) is 26.0 Å². The average Bonchev–Trinajstić information content (AvgIpc) is 2.47. The number of hydrogen-bond acceptors (Lipinski definition) is 3. The highest BCUT2D eigenvalue weighted by atomic mass is 32.1. The van der Waals surface area contributed by atoms with Crippen molar-refractivity contribution in [1.82, 2.24) is 14.9 Å². The minimum atomic E-state index is -1.30. The van der Waals surface area contributed by atoms with E-state index < -0.39 is 6.09 Å². The summed E-state index contributed by atoms with van der Waals surface area (Å²) >= 11 is 4.19. The van der Waals surface area contributed by atoms with E-state index in [0.29, 0.717) is 0 Å². The SMILES string of the molecule is Cn1ccnc1C(S)CNC([O])=O. The van der Waals surface area contributed by atoms with Crippen LogP contribution in [0.2, 0.25) is 0 Å². The van der Waals surface area contributed by atoms with Gasteiger partial charge in [-0.15, -0.1) is 0 Å². The Morgan fingerprint density at radius 2 is 2.54 bits per heavy atom. The van der Waals surface area contributed by atoms with Gasteiger partial charge in [0.25, 0.3) is 0 Å². The number of carbonyl (C=O) groups excluding carboxylic acids is 1. The number of nitrogens with zero attached hydrogens (tertiary/aromatic N) is 2. The number of rotatable bonds is 3. The van der Waals surface area contributed by atoms with Crippen LogP contribution in [0.1, 0.15) is 11.1 Å². The van der Waals surface area contributed by atoms with Gasteiger partial charge >= 0.3 is 6.09 Å². The third-order valence-corrected chi connectivity index (χ3v) is 2.01. The van der Waals surface area contributed by atoms with Crippen LogP contribution in [0.15, 0.2) is 12.4 Å². The van der Waals surface area contributed by atoms with Gasteiger partial charge < -0.3 is 9.88 Å². The second kappa shape index (κ2) is 4.18. The van der Waals surface area contributed by atoms with Crippen LogP contribution in [0.3, 0.4) is 0 Å². The molecule has 0 spiro atoms. The standard InChI is InChI=1S/C7H10N3O2S/c1-10-3-2-8-6(10)5(13)4-9-7(11)12/h2-3,5,9,13H,4H2,1H3. The monoisotopic (exact) mass is 200 g/mol. The molecule has 1 rings (SSSR count). The number of nitrogens with one attached hydrogen (secondary N) is 1. The van der Waals surface area contributed by atoms with Crippen LogP contribution in [0.25, 0.3) is 0 Å². The van der Waals surface area contributed by atoms with E-state index in [4.69, 9.17) is 0 Å². The maximum Gasteiger partial charge on any atom is 0.450 e. The number of thiol groups is 1. The molecule has 0 saturated carbocycles. The molecule has 1 unspecified atom stereocenters. The lowest BCUT2D eigenvalue weighted by Gasteiger charge is -2.09. The average molecular weight is 200 g/mol. The Hall–Kier alpha value is -1.17. The van der Waals surface area contributed by atoms with Gasteiger partial charge in [-0.05, 0) is 0 Å². The molecular weight excluding hydrogens is 190 g/mol. The van der Waals surface area contributed by atoms with Crippen LogP contribution < -0.4 is 5.32 Å². The zero-order valence-corrected chi connectivity index (χ0v) is 7.99. The summed E-state index contributed by atoms with van der Waals surface area (Å²) in [6, 6.07) is 0. The zero-order chi connectivity index (χ0) is 9.84. The Morgan fingerprint density at radius 3 is 3.00 bits per heavy atom. The molecule has 0 aliphatic heterocycles.